The van der Waals surface area contributed by atoms with E-state index in [1.54, 1.807) is 12.3 Å². The zero-order valence-electron chi connectivity index (χ0n) is 10.4. The maximum atomic E-state index is 11.9. The summed E-state index contributed by atoms with van der Waals surface area (Å²) in [5.74, 6) is -0.239. The fourth-order valence-electron chi connectivity index (χ4n) is 1.62. The standard InChI is InChI=1S/C15H13BrN2O/c1-11-5-4-6-12(9-11)10-17-18-15(19)13-7-2-3-8-14(13)16/h2-10H,1H3,(H,18,19). The molecule has 96 valence electrons. The molecule has 2 aromatic carbocycles. The summed E-state index contributed by atoms with van der Waals surface area (Å²) in [6.07, 6.45) is 1.63. The second kappa shape index (κ2) is 6.29. The summed E-state index contributed by atoms with van der Waals surface area (Å²) in [6, 6.07) is 15.1. The number of hydrazone groups is 1. The molecule has 0 saturated heterocycles. The highest BCUT2D eigenvalue weighted by Gasteiger charge is 2.07. The molecule has 0 heterocycles. The molecule has 0 saturated carbocycles. The first-order chi connectivity index (χ1) is 9.16. The highest BCUT2D eigenvalue weighted by molar-refractivity contribution is 9.10. The fraction of sp³-hybridized carbons (Fsp3) is 0.0667. The van der Waals surface area contributed by atoms with E-state index in [1.165, 1.54) is 0 Å². The zero-order chi connectivity index (χ0) is 13.7. The van der Waals surface area contributed by atoms with Gasteiger partial charge in [0.15, 0.2) is 0 Å². The number of carbonyl (C=O) groups is 1. The molecule has 1 N–H and O–H groups in total. The summed E-state index contributed by atoms with van der Waals surface area (Å²) in [5, 5.41) is 3.95. The number of carbonyl (C=O) groups excluding carboxylic acids is 1. The molecule has 19 heavy (non-hydrogen) atoms. The lowest BCUT2D eigenvalue weighted by Gasteiger charge is -2.02. The third-order valence-corrected chi connectivity index (χ3v) is 3.23. The van der Waals surface area contributed by atoms with Crippen molar-refractivity contribution in [2.45, 2.75) is 6.92 Å². The van der Waals surface area contributed by atoms with E-state index in [9.17, 15) is 4.79 Å². The number of rotatable bonds is 3. The number of benzene rings is 2. The summed E-state index contributed by atoms with van der Waals surface area (Å²) in [6.45, 7) is 2.01. The van der Waals surface area contributed by atoms with Gasteiger partial charge < -0.3 is 0 Å². The van der Waals surface area contributed by atoms with Gasteiger partial charge in [-0.3, -0.25) is 4.79 Å². The Bertz CT molecular complexity index is 623. The zero-order valence-corrected chi connectivity index (χ0v) is 12.0. The van der Waals surface area contributed by atoms with Gasteiger partial charge >= 0.3 is 0 Å². The molecule has 3 nitrogen and oxygen atoms in total. The van der Waals surface area contributed by atoms with Crippen LogP contribution in [0.25, 0.3) is 0 Å². The van der Waals surface area contributed by atoms with Crippen molar-refractivity contribution < 1.29 is 4.79 Å². The highest BCUT2D eigenvalue weighted by Crippen LogP contribution is 2.15. The van der Waals surface area contributed by atoms with E-state index in [4.69, 9.17) is 0 Å². The Kier molecular flexibility index (Phi) is 4.47. The predicted molar refractivity (Wildman–Crippen MR) is 80.4 cm³/mol. The topological polar surface area (TPSA) is 41.5 Å². The number of hydrogen-bond donors (Lipinski definition) is 1. The van der Waals surface area contributed by atoms with Crippen molar-refractivity contribution >= 4 is 28.1 Å². The molecule has 0 unspecified atom stereocenters. The summed E-state index contributed by atoms with van der Waals surface area (Å²) in [7, 11) is 0. The summed E-state index contributed by atoms with van der Waals surface area (Å²) in [4.78, 5) is 11.9. The minimum atomic E-state index is -0.239. The van der Waals surface area contributed by atoms with Crippen LogP contribution in [0.3, 0.4) is 0 Å². The first kappa shape index (κ1) is 13.5. The van der Waals surface area contributed by atoms with E-state index in [1.807, 2.05) is 49.4 Å². The first-order valence-corrected chi connectivity index (χ1v) is 6.61. The number of aryl methyl sites for hydroxylation is 1. The van der Waals surface area contributed by atoms with Gasteiger partial charge in [0, 0.05) is 4.47 Å². The monoisotopic (exact) mass is 316 g/mol. The molecule has 0 aliphatic rings. The Balaban J connectivity index is 2.03. The van der Waals surface area contributed by atoms with Gasteiger partial charge in [-0.15, -0.1) is 0 Å². The smallest absolute Gasteiger partial charge is 0.267 e. The summed E-state index contributed by atoms with van der Waals surface area (Å²) >= 11 is 3.33. The predicted octanol–water partition coefficient (Wildman–Crippen LogP) is 3.52. The second-order valence-corrected chi connectivity index (χ2v) is 4.95. The van der Waals surface area contributed by atoms with Crippen molar-refractivity contribution in [3.63, 3.8) is 0 Å². The van der Waals surface area contributed by atoms with Gasteiger partial charge in [-0.2, -0.15) is 5.10 Å². The van der Waals surface area contributed by atoms with E-state index in [-0.39, 0.29) is 5.91 Å². The van der Waals surface area contributed by atoms with Gasteiger partial charge in [-0.1, -0.05) is 42.0 Å². The number of hydrogen-bond acceptors (Lipinski definition) is 2. The summed E-state index contributed by atoms with van der Waals surface area (Å²) < 4.78 is 0.748. The van der Waals surface area contributed by atoms with Crippen LogP contribution in [-0.4, -0.2) is 12.1 Å². The Morgan fingerprint density at radius 2 is 2.00 bits per heavy atom. The minimum Gasteiger partial charge on any atom is -0.267 e. The van der Waals surface area contributed by atoms with E-state index in [0.29, 0.717) is 5.56 Å². The quantitative estimate of drug-likeness (QED) is 0.683. The molecule has 0 fully saturated rings. The molecule has 4 heteroatoms. The van der Waals surface area contributed by atoms with Gasteiger partial charge in [0.2, 0.25) is 0 Å². The molecule has 0 bridgehead atoms. The average Bonchev–Trinajstić information content (AvgIpc) is 2.39. The number of amides is 1. The molecule has 1 amide bonds. The Morgan fingerprint density at radius 3 is 2.74 bits per heavy atom. The van der Waals surface area contributed by atoms with Crippen LogP contribution in [0.1, 0.15) is 21.5 Å². The molecule has 0 aliphatic carbocycles. The number of nitrogens with zero attached hydrogens (tertiary/aromatic N) is 1. The maximum Gasteiger partial charge on any atom is 0.272 e. The molecular weight excluding hydrogens is 304 g/mol. The lowest BCUT2D eigenvalue weighted by atomic mass is 10.2. The van der Waals surface area contributed by atoms with Gasteiger partial charge in [0.05, 0.1) is 11.8 Å². The van der Waals surface area contributed by atoms with Crippen LogP contribution in [-0.2, 0) is 0 Å². The maximum absolute atomic E-state index is 11.9. The third-order valence-electron chi connectivity index (χ3n) is 2.54. The van der Waals surface area contributed by atoms with Crippen molar-refractivity contribution in [2.75, 3.05) is 0 Å². The van der Waals surface area contributed by atoms with E-state index in [2.05, 4.69) is 26.5 Å². The van der Waals surface area contributed by atoms with Gasteiger partial charge in [0.1, 0.15) is 0 Å². The lowest BCUT2D eigenvalue weighted by molar-refractivity contribution is 0.0954. The minimum absolute atomic E-state index is 0.239. The van der Waals surface area contributed by atoms with Crippen molar-refractivity contribution in [2.24, 2.45) is 5.10 Å². The van der Waals surface area contributed by atoms with E-state index in [0.717, 1.165) is 15.6 Å². The largest absolute Gasteiger partial charge is 0.272 e. The molecule has 0 radical (unpaired) electrons. The van der Waals surface area contributed by atoms with E-state index >= 15 is 0 Å². The first-order valence-electron chi connectivity index (χ1n) is 5.81. The van der Waals surface area contributed by atoms with Crippen LogP contribution in [0.4, 0.5) is 0 Å². The second-order valence-electron chi connectivity index (χ2n) is 4.09. The molecule has 0 atom stereocenters. The van der Waals surface area contributed by atoms with Crippen LogP contribution in [0.15, 0.2) is 58.1 Å². The lowest BCUT2D eigenvalue weighted by Crippen LogP contribution is -2.18. The molecule has 0 spiro atoms. The average molecular weight is 317 g/mol. The normalized spacial score (nSPS) is 10.6. The van der Waals surface area contributed by atoms with Gasteiger partial charge in [-0.05, 0) is 40.5 Å². The Morgan fingerprint density at radius 1 is 1.21 bits per heavy atom. The Labute approximate surface area is 120 Å². The van der Waals surface area contributed by atoms with Crippen molar-refractivity contribution in [1.29, 1.82) is 0 Å². The van der Waals surface area contributed by atoms with E-state index < -0.39 is 0 Å². The van der Waals surface area contributed by atoms with Crippen molar-refractivity contribution in [3.8, 4) is 0 Å². The van der Waals surface area contributed by atoms with Crippen LogP contribution < -0.4 is 5.43 Å². The number of nitrogens with one attached hydrogen (secondary N) is 1. The van der Waals surface area contributed by atoms with Crippen LogP contribution in [0.5, 0.6) is 0 Å². The summed E-state index contributed by atoms with van der Waals surface area (Å²) in [5.41, 5.74) is 5.17. The number of halogens is 1. The SMILES string of the molecule is Cc1cccc(C=NNC(=O)c2ccccc2Br)c1. The third kappa shape index (κ3) is 3.76. The van der Waals surface area contributed by atoms with Crippen LogP contribution in [0.2, 0.25) is 0 Å². The molecule has 0 aliphatic heterocycles. The van der Waals surface area contributed by atoms with Crippen molar-refractivity contribution in [1.82, 2.24) is 5.43 Å². The van der Waals surface area contributed by atoms with Gasteiger partial charge in [-0.25, -0.2) is 5.43 Å². The molecule has 0 aromatic heterocycles. The molecular formula is C15H13BrN2O. The molecule has 2 aromatic rings. The Hall–Kier alpha value is -1.94. The van der Waals surface area contributed by atoms with Gasteiger partial charge in [0.25, 0.3) is 5.91 Å². The molecule has 2 rings (SSSR count). The highest BCUT2D eigenvalue weighted by atomic mass is 79.9. The van der Waals surface area contributed by atoms with Crippen LogP contribution in [0, 0.1) is 6.92 Å². The fourth-order valence-corrected chi connectivity index (χ4v) is 2.09. The van der Waals surface area contributed by atoms with Crippen LogP contribution >= 0.6 is 15.9 Å². The van der Waals surface area contributed by atoms with Crippen molar-refractivity contribution in [3.05, 3.63) is 69.7 Å².